The SMILES string of the molecule is NCCC1CCCCN1c1nccc2c(Br)cccc12. The second-order valence-corrected chi connectivity index (χ2v) is 6.24. The van der Waals surface area contributed by atoms with Gasteiger partial charge in [0.15, 0.2) is 0 Å². The summed E-state index contributed by atoms with van der Waals surface area (Å²) < 4.78 is 1.13. The van der Waals surface area contributed by atoms with Gasteiger partial charge in [-0.05, 0) is 44.4 Å². The number of rotatable bonds is 3. The number of hydrogen-bond acceptors (Lipinski definition) is 3. The lowest BCUT2D eigenvalue weighted by Crippen LogP contribution is -2.41. The number of halogens is 1. The highest BCUT2D eigenvalue weighted by molar-refractivity contribution is 9.10. The molecule has 0 saturated carbocycles. The topological polar surface area (TPSA) is 42.1 Å². The van der Waals surface area contributed by atoms with Gasteiger partial charge in [0.2, 0.25) is 0 Å². The van der Waals surface area contributed by atoms with E-state index in [9.17, 15) is 0 Å². The Kier molecular flexibility index (Phi) is 4.22. The summed E-state index contributed by atoms with van der Waals surface area (Å²) in [6, 6.07) is 8.94. The predicted octanol–water partition coefficient (Wildman–Crippen LogP) is 3.71. The zero-order chi connectivity index (χ0) is 13.9. The first-order chi connectivity index (χ1) is 9.81. The second kappa shape index (κ2) is 6.10. The van der Waals surface area contributed by atoms with Crippen molar-refractivity contribution in [2.24, 2.45) is 5.73 Å². The Bertz CT molecular complexity index is 597. The Hall–Kier alpha value is -1.13. The molecule has 1 saturated heterocycles. The molecule has 1 fully saturated rings. The van der Waals surface area contributed by atoms with Gasteiger partial charge in [0.1, 0.15) is 5.82 Å². The summed E-state index contributed by atoms with van der Waals surface area (Å²) in [5, 5.41) is 2.46. The lowest BCUT2D eigenvalue weighted by atomic mass is 9.98. The largest absolute Gasteiger partial charge is 0.353 e. The normalized spacial score (nSPS) is 19.5. The van der Waals surface area contributed by atoms with Crippen LogP contribution in [0.4, 0.5) is 5.82 Å². The molecule has 2 heterocycles. The van der Waals surface area contributed by atoms with Gasteiger partial charge in [-0.3, -0.25) is 0 Å². The number of aromatic nitrogens is 1. The summed E-state index contributed by atoms with van der Waals surface area (Å²) in [6.07, 6.45) is 6.73. The van der Waals surface area contributed by atoms with E-state index in [1.807, 2.05) is 6.20 Å². The summed E-state index contributed by atoms with van der Waals surface area (Å²) in [6.45, 7) is 1.83. The molecule has 20 heavy (non-hydrogen) atoms. The van der Waals surface area contributed by atoms with Crippen LogP contribution in [0.15, 0.2) is 34.9 Å². The van der Waals surface area contributed by atoms with Gasteiger partial charge >= 0.3 is 0 Å². The van der Waals surface area contributed by atoms with Crippen molar-refractivity contribution in [3.05, 3.63) is 34.9 Å². The van der Waals surface area contributed by atoms with Crippen LogP contribution >= 0.6 is 15.9 Å². The third-order valence-electron chi connectivity index (χ3n) is 4.13. The van der Waals surface area contributed by atoms with Crippen LogP contribution in [0.25, 0.3) is 10.8 Å². The van der Waals surface area contributed by atoms with E-state index in [0.717, 1.165) is 29.8 Å². The van der Waals surface area contributed by atoms with E-state index in [1.54, 1.807) is 0 Å². The number of nitrogens with zero attached hydrogens (tertiary/aromatic N) is 2. The van der Waals surface area contributed by atoms with Gasteiger partial charge in [-0.1, -0.05) is 28.1 Å². The fraction of sp³-hybridized carbons (Fsp3) is 0.438. The summed E-state index contributed by atoms with van der Waals surface area (Å²) in [5.74, 6) is 1.11. The molecule has 3 nitrogen and oxygen atoms in total. The molecule has 1 aliphatic heterocycles. The number of benzene rings is 1. The first-order valence-corrected chi connectivity index (χ1v) is 8.10. The minimum absolute atomic E-state index is 0.533. The number of piperidine rings is 1. The average Bonchev–Trinajstić information content (AvgIpc) is 2.48. The van der Waals surface area contributed by atoms with Crippen molar-refractivity contribution >= 4 is 32.5 Å². The van der Waals surface area contributed by atoms with Crippen LogP contribution in [0.3, 0.4) is 0 Å². The summed E-state index contributed by atoms with van der Waals surface area (Å²) in [4.78, 5) is 7.13. The van der Waals surface area contributed by atoms with Crippen molar-refractivity contribution in [1.82, 2.24) is 4.98 Å². The Balaban J connectivity index is 2.06. The monoisotopic (exact) mass is 333 g/mol. The molecule has 2 N–H and O–H groups in total. The summed E-state index contributed by atoms with van der Waals surface area (Å²) in [5.41, 5.74) is 5.78. The maximum atomic E-state index is 5.78. The third-order valence-corrected chi connectivity index (χ3v) is 4.82. The van der Waals surface area contributed by atoms with Gasteiger partial charge in [0.25, 0.3) is 0 Å². The van der Waals surface area contributed by atoms with Crippen LogP contribution in [0.2, 0.25) is 0 Å². The van der Waals surface area contributed by atoms with E-state index < -0.39 is 0 Å². The number of fused-ring (bicyclic) bond motifs is 1. The van der Waals surface area contributed by atoms with Gasteiger partial charge in [-0.2, -0.15) is 0 Å². The number of hydrogen-bond donors (Lipinski definition) is 1. The van der Waals surface area contributed by atoms with Gasteiger partial charge in [-0.25, -0.2) is 4.98 Å². The number of nitrogens with two attached hydrogens (primary N) is 1. The molecule has 1 aromatic carbocycles. The van der Waals surface area contributed by atoms with Gasteiger partial charge in [0, 0.05) is 34.0 Å². The number of anilines is 1. The maximum Gasteiger partial charge on any atom is 0.136 e. The quantitative estimate of drug-likeness (QED) is 0.931. The fourth-order valence-corrected chi connectivity index (χ4v) is 3.65. The molecule has 0 amide bonds. The molecule has 3 rings (SSSR count). The zero-order valence-electron chi connectivity index (χ0n) is 11.6. The predicted molar refractivity (Wildman–Crippen MR) is 88.1 cm³/mol. The Labute approximate surface area is 128 Å². The standard InChI is InChI=1S/C16H20BrN3/c17-15-6-3-5-14-13(15)8-10-19-16(14)20-11-2-1-4-12(20)7-9-18/h3,5-6,8,10,12H,1-2,4,7,9,11,18H2. The van der Waals surface area contributed by atoms with E-state index >= 15 is 0 Å². The van der Waals surface area contributed by atoms with Crippen LogP contribution in [0, 0.1) is 0 Å². The molecule has 106 valence electrons. The van der Waals surface area contributed by atoms with E-state index in [4.69, 9.17) is 5.73 Å². The lowest BCUT2D eigenvalue weighted by Gasteiger charge is -2.37. The maximum absolute atomic E-state index is 5.78. The first-order valence-electron chi connectivity index (χ1n) is 7.31. The zero-order valence-corrected chi connectivity index (χ0v) is 13.1. The Morgan fingerprint density at radius 2 is 2.15 bits per heavy atom. The average molecular weight is 334 g/mol. The highest BCUT2D eigenvalue weighted by Gasteiger charge is 2.24. The Morgan fingerprint density at radius 1 is 1.25 bits per heavy atom. The molecular weight excluding hydrogens is 314 g/mol. The molecule has 0 aliphatic carbocycles. The summed E-state index contributed by atoms with van der Waals surface area (Å²) >= 11 is 3.63. The third kappa shape index (κ3) is 2.54. The van der Waals surface area contributed by atoms with Crippen molar-refractivity contribution in [3.63, 3.8) is 0 Å². The van der Waals surface area contributed by atoms with Crippen molar-refractivity contribution in [2.45, 2.75) is 31.7 Å². The second-order valence-electron chi connectivity index (χ2n) is 5.39. The molecule has 2 aromatic rings. The smallest absolute Gasteiger partial charge is 0.136 e. The Morgan fingerprint density at radius 3 is 3.00 bits per heavy atom. The highest BCUT2D eigenvalue weighted by Crippen LogP contribution is 2.33. The van der Waals surface area contributed by atoms with Crippen molar-refractivity contribution < 1.29 is 0 Å². The van der Waals surface area contributed by atoms with Crippen LogP contribution < -0.4 is 10.6 Å². The molecule has 1 atom stereocenters. The highest BCUT2D eigenvalue weighted by atomic mass is 79.9. The van der Waals surface area contributed by atoms with Gasteiger partial charge in [0.05, 0.1) is 0 Å². The first kappa shape index (κ1) is 13.8. The molecule has 4 heteroatoms. The summed E-state index contributed by atoms with van der Waals surface area (Å²) in [7, 11) is 0. The molecule has 1 aliphatic rings. The van der Waals surface area contributed by atoms with Crippen LogP contribution in [0.5, 0.6) is 0 Å². The molecular formula is C16H20BrN3. The van der Waals surface area contributed by atoms with E-state index in [1.165, 1.54) is 30.0 Å². The molecule has 0 radical (unpaired) electrons. The van der Waals surface area contributed by atoms with Gasteiger partial charge in [-0.15, -0.1) is 0 Å². The minimum Gasteiger partial charge on any atom is -0.353 e. The fourth-order valence-electron chi connectivity index (χ4n) is 3.15. The minimum atomic E-state index is 0.533. The molecule has 0 spiro atoms. The van der Waals surface area contributed by atoms with Crippen molar-refractivity contribution in [2.75, 3.05) is 18.0 Å². The van der Waals surface area contributed by atoms with E-state index in [2.05, 4.69) is 50.1 Å². The van der Waals surface area contributed by atoms with Crippen LogP contribution in [0.1, 0.15) is 25.7 Å². The molecule has 0 bridgehead atoms. The number of pyridine rings is 1. The van der Waals surface area contributed by atoms with Crippen LogP contribution in [-0.4, -0.2) is 24.1 Å². The van der Waals surface area contributed by atoms with Crippen molar-refractivity contribution in [3.8, 4) is 0 Å². The van der Waals surface area contributed by atoms with Gasteiger partial charge < -0.3 is 10.6 Å². The molecule has 1 aromatic heterocycles. The lowest BCUT2D eigenvalue weighted by molar-refractivity contribution is 0.440. The van der Waals surface area contributed by atoms with E-state index in [0.29, 0.717) is 6.04 Å². The molecule has 1 unspecified atom stereocenters. The van der Waals surface area contributed by atoms with Crippen LogP contribution in [-0.2, 0) is 0 Å². The van der Waals surface area contributed by atoms with Crippen molar-refractivity contribution in [1.29, 1.82) is 0 Å². The van der Waals surface area contributed by atoms with E-state index in [-0.39, 0.29) is 0 Å².